The molecular formula is C21H25N3OS. The molecule has 0 amide bonds. The molecule has 0 radical (unpaired) electrons. The van der Waals surface area contributed by atoms with Crippen molar-refractivity contribution in [2.75, 3.05) is 0 Å². The van der Waals surface area contributed by atoms with Crippen LogP contribution in [0.15, 0.2) is 30.3 Å². The predicted octanol–water partition coefficient (Wildman–Crippen LogP) is 5.53. The third kappa shape index (κ3) is 3.07. The number of aryl methyl sites for hydroxylation is 2. The maximum atomic E-state index is 10.6. The first-order valence-electron chi connectivity index (χ1n) is 8.69. The number of benzene rings is 2. The van der Waals surface area contributed by atoms with Crippen LogP contribution in [-0.2, 0) is 5.41 Å². The zero-order chi connectivity index (χ0) is 19.2. The average molecular weight is 368 g/mol. The van der Waals surface area contributed by atoms with Gasteiger partial charge in [-0.15, -0.1) is 0 Å². The van der Waals surface area contributed by atoms with Crippen LogP contribution in [0.5, 0.6) is 5.75 Å². The van der Waals surface area contributed by atoms with Gasteiger partial charge in [-0.05, 0) is 78.9 Å². The second-order valence-electron chi connectivity index (χ2n) is 7.84. The van der Waals surface area contributed by atoms with Crippen molar-refractivity contribution in [3.05, 3.63) is 57.4 Å². The van der Waals surface area contributed by atoms with Gasteiger partial charge >= 0.3 is 0 Å². The monoisotopic (exact) mass is 367 g/mol. The van der Waals surface area contributed by atoms with Gasteiger partial charge in [0.15, 0.2) is 10.6 Å². The quantitative estimate of drug-likeness (QED) is 0.586. The minimum absolute atomic E-state index is 0.0380. The van der Waals surface area contributed by atoms with Gasteiger partial charge in [-0.2, -0.15) is 5.10 Å². The fourth-order valence-electron chi connectivity index (χ4n) is 3.36. The molecule has 0 unspecified atom stereocenters. The third-order valence-corrected chi connectivity index (χ3v) is 5.15. The molecule has 0 saturated carbocycles. The van der Waals surface area contributed by atoms with E-state index in [1.165, 1.54) is 11.1 Å². The van der Waals surface area contributed by atoms with Crippen LogP contribution in [0.4, 0.5) is 0 Å². The number of nitrogens with zero attached hydrogens (tertiary/aromatic N) is 2. The van der Waals surface area contributed by atoms with E-state index in [1.807, 2.05) is 29.7 Å². The molecule has 2 aromatic carbocycles. The van der Waals surface area contributed by atoms with E-state index in [1.54, 1.807) is 6.07 Å². The van der Waals surface area contributed by atoms with Gasteiger partial charge < -0.3 is 5.11 Å². The number of aromatic hydroxyl groups is 1. The van der Waals surface area contributed by atoms with Crippen molar-refractivity contribution in [1.29, 1.82) is 0 Å². The standard InChI is InChI=1S/C21H25N3OS/c1-12-8-7-9-17(14(12)3)24-19(22-23-20(24)26)15-11-16(21(4,5)6)13(2)10-18(15)25/h7-11,25H,1-6H3,(H,23,26). The van der Waals surface area contributed by atoms with Crippen LogP contribution >= 0.6 is 12.2 Å². The molecule has 0 aliphatic rings. The second-order valence-corrected chi connectivity index (χ2v) is 8.23. The number of phenols is 1. The van der Waals surface area contributed by atoms with Crippen molar-refractivity contribution >= 4 is 12.2 Å². The molecule has 136 valence electrons. The lowest BCUT2D eigenvalue weighted by Gasteiger charge is -2.23. The van der Waals surface area contributed by atoms with Crippen LogP contribution in [0, 0.1) is 25.5 Å². The van der Waals surface area contributed by atoms with Gasteiger partial charge in [-0.3, -0.25) is 9.67 Å². The van der Waals surface area contributed by atoms with Crippen molar-refractivity contribution in [2.45, 2.75) is 47.0 Å². The highest BCUT2D eigenvalue weighted by Crippen LogP contribution is 2.37. The fraction of sp³-hybridized carbons (Fsp3) is 0.333. The Bertz CT molecular complexity index is 1040. The molecular weight excluding hydrogens is 342 g/mol. The molecule has 3 aromatic rings. The number of phenolic OH excluding ortho intramolecular Hbond substituents is 1. The first kappa shape index (κ1) is 18.4. The Morgan fingerprint density at radius 3 is 2.42 bits per heavy atom. The average Bonchev–Trinajstić information content (AvgIpc) is 2.90. The van der Waals surface area contributed by atoms with E-state index in [-0.39, 0.29) is 11.2 Å². The number of aromatic nitrogens is 3. The Morgan fingerprint density at radius 1 is 1.08 bits per heavy atom. The summed E-state index contributed by atoms with van der Waals surface area (Å²) in [6, 6.07) is 9.93. The van der Waals surface area contributed by atoms with E-state index >= 15 is 0 Å². The topological polar surface area (TPSA) is 53.8 Å². The number of H-pyrrole nitrogens is 1. The van der Waals surface area contributed by atoms with Gasteiger partial charge in [0.2, 0.25) is 0 Å². The summed E-state index contributed by atoms with van der Waals surface area (Å²) < 4.78 is 2.40. The fourth-order valence-corrected chi connectivity index (χ4v) is 3.59. The molecule has 0 bridgehead atoms. The molecule has 4 nitrogen and oxygen atoms in total. The highest BCUT2D eigenvalue weighted by Gasteiger charge is 2.22. The van der Waals surface area contributed by atoms with E-state index < -0.39 is 0 Å². The van der Waals surface area contributed by atoms with Crippen molar-refractivity contribution < 1.29 is 5.11 Å². The Morgan fingerprint density at radius 2 is 1.77 bits per heavy atom. The van der Waals surface area contributed by atoms with Gasteiger partial charge in [0, 0.05) is 0 Å². The van der Waals surface area contributed by atoms with Crippen LogP contribution in [-0.4, -0.2) is 19.9 Å². The maximum absolute atomic E-state index is 10.6. The highest BCUT2D eigenvalue weighted by atomic mass is 32.1. The lowest BCUT2D eigenvalue weighted by atomic mass is 9.83. The van der Waals surface area contributed by atoms with Crippen LogP contribution in [0.2, 0.25) is 0 Å². The molecule has 0 atom stereocenters. The zero-order valence-electron chi connectivity index (χ0n) is 16.1. The van der Waals surface area contributed by atoms with Gasteiger partial charge in [0.1, 0.15) is 5.75 Å². The number of rotatable bonds is 2. The summed E-state index contributed by atoms with van der Waals surface area (Å²) in [7, 11) is 0. The van der Waals surface area contributed by atoms with Crippen molar-refractivity contribution in [3.63, 3.8) is 0 Å². The van der Waals surface area contributed by atoms with Crippen molar-refractivity contribution in [1.82, 2.24) is 14.8 Å². The van der Waals surface area contributed by atoms with Gasteiger partial charge in [-0.1, -0.05) is 32.9 Å². The maximum Gasteiger partial charge on any atom is 0.200 e. The summed E-state index contributed by atoms with van der Waals surface area (Å²) in [4.78, 5) is 0. The summed E-state index contributed by atoms with van der Waals surface area (Å²) in [6.45, 7) is 12.7. The van der Waals surface area contributed by atoms with Gasteiger partial charge in [0.25, 0.3) is 0 Å². The lowest BCUT2D eigenvalue weighted by Crippen LogP contribution is -2.13. The zero-order valence-corrected chi connectivity index (χ0v) is 17.0. The molecule has 0 aliphatic carbocycles. The SMILES string of the molecule is Cc1cc(O)c(-c2n[nH]c(=S)n2-c2cccc(C)c2C)cc1C(C)(C)C. The van der Waals surface area contributed by atoms with E-state index in [9.17, 15) is 5.11 Å². The molecule has 0 fully saturated rings. The molecule has 26 heavy (non-hydrogen) atoms. The molecule has 5 heteroatoms. The molecule has 2 N–H and O–H groups in total. The molecule has 0 saturated heterocycles. The molecule has 0 aliphatic heterocycles. The Labute approximate surface area is 159 Å². The van der Waals surface area contributed by atoms with Crippen LogP contribution < -0.4 is 0 Å². The molecule has 1 heterocycles. The minimum Gasteiger partial charge on any atom is -0.507 e. The number of aromatic amines is 1. The summed E-state index contributed by atoms with van der Waals surface area (Å²) in [5, 5.41) is 18.0. The number of hydrogen-bond acceptors (Lipinski definition) is 3. The van der Waals surface area contributed by atoms with E-state index in [4.69, 9.17) is 12.2 Å². The van der Waals surface area contributed by atoms with E-state index in [0.717, 1.165) is 16.8 Å². The number of nitrogens with one attached hydrogen (secondary N) is 1. The van der Waals surface area contributed by atoms with E-state index in [2.05, 4.69) is 50.9 Å². The number of hydrogen-bond donors (Lipinski definition) is 2. The van der Waals surface area contributed by atoms with Crippen LogP contribution in [0.25, 0.3) is 17.1 Å². The van der Waals surface area contributed by atoms with Crippen molar-refractivity contribution in [2.24, 2.45) is 0 Å². The van der Waals surface area contributed by atoms with Crippen LogP contribution in [0.1, 0.15) is 43.0 Å². The Hall–Kier alpha value is -2.40. The Balaban J connectivity index is 2.31. The van der Waals surface area contributed by atoms with E-state index in [0.29, 0.717) is 16.2 Å². The normalized spacial score (nSPS) is 11.8. The highest BCUT2D eigenvalue weighted by molar-refractivity contribution is 7.71. The largest absolute Gasteiger partial charge is 0.507 e. The molecule has 3 rings (SSSR count). The summed E-state index contributed by atoms with van der Waals surface area (Å²) >= 11 is 5.50. The smallest absolute Gasteiger partial charge is 0.200 e. The predicted molar refractivity (Wildman–Crippen MR) is 109 cm³/mol. The first-order chi connectivity index (χ1) is 12.1. The first-order valence-corrected chi connectivity index (χ1v) is 9.10. The van der Waals surface area contributed by atoms with Crippen molar-refractivity contribution in [3.8, 4) is 22.8 Å². The summed E-state index contributed by atoms with van der Waals surface area (Å²) in [5.41, 5.74) is 6.15. The van der Waals surface area contributed by atoms with Gasteiger partial charge in [0.05, 0.1) is 11.3 Å². The minimum atomic E-state index is -0.0380. The summed E-state index contributed by atoms with van der Waals surface area (Å²) in [5.74, 6) is 0.822. The Kier molecular flexibility index (Phi) is 4.53. The molecule has 1 aromatic heterocycles. The lowest BCUT2D eigenvalue weighted by molar-refractivity contribution is 0.474. The summed E-state index contributed by atoms with van der Waals surface area (Å²) in [6.07, 6.45) is 0. The van der Waals surface area contributed by atoms with Gasteiger partial charge in [-0.25, -0.2) is 0 Å². The molecule has 0 spiro atoms. The third-order valence-electron chi connectivity index (χ3n) is 4.88. The van der Waals surface area contributed by atoms with Crippen LogP contribution in [0.3, 0.4) is 0 Å². The second kappa shape index (κ2) is 6.40.